The molecule has 0 spiro atoms. The van der Waals surface area contributed by atoms with E-state index in [0.29, 0.717) is 6.04 Å². The largest absolute Gasteiger partial charge is 0.313 e. The molecule has 0 heterocycles. The van der Waals surface area contributed by atoms with Crippen LogP contribution < -0.4 is 5.32 Å². The van der Waals surface area contributed by atoms with Gasteiger partial charge in [0.1, 0.15) is 0 Å². The quantitative estimate of drug-likeness (QED) is 0.282. The minimum absolute atomic E-state index is 0.509. The molecule has 0 aromatic heterocycles. The monoisotopic (exact) mass is 303 g/mol. The zero-order valence-corrected chi connectivity index (χ0v) is 15.0. The van der Waals surface area contributed by atoms with Crippen molar-refractivity contribution in [2.45, 2.75) is 97.4 Å². The molecular formula is C18H38ClN. The Bertz CT molecular complexity index is 182. The van der Waals surface area contributed by atoms with Gasteiger partial charge in [0.05, 0.1) is 0 Å². The van der Waals surface area contributed by atoms with E-state index in [1.807, 2.05) is 0 Å². The van der Waals surface area contributed by atoms with Crippen LogP contribution in [0.2, 0.25) is 0 Å². The molecule has 1 atom stereocenters. The van der Waals surface area contributed by atoms with Gasteiger partial charge in [0.15, 0.2) is 0 Å². The second-order valence-corrected chi connectivity index (χ2v) is 6.93. The van der Waals surface area contributed by atoms with Crippen LogP contribution in [0.15, 0.2) is 0 Å². The number of rotatable bonds is 15. The highest BCUT2D eigenvalue weighted by atomic mass is 35.5. The van der Waals surface area contributed by atoms with E-state index in [-0.39, 0.29) is 0 Å². The zero-order valence-electron chi connectivity index (χ0n) is 14.2. The highest BCUT2D eigenvalue weighted by molar-refractivity contribution is 6.18. The SMILES string of the molecule is CCCCCCCCCCCCNC(CCl)CC(C)C. The molecule has 0 bridgehead atoms. The number of halogens is 1. The summed E-state index contributed by atoms with van der Waals surface area (Å²) < 4.78 is 0. The third kappa shape index (κ3) is 14.7. The maximum Gasteiger partial charge on any atom is 0.0377 e. The molecule has 1 N–H and O–H groups in total. The molecule has 0 aliphatic heterocycles. The van der Waals surface area contributed by atoms with Gasteiger partial charge in [-0.15, -0.1) is 11.6 Å². The fraction of sp³-hybridized carbons (Fsp3) is 1.00. The number of nitrogens with one attached hydrogen (secondary N) is 1. The van der Waals surface area contributed by atoms with Gasteiger partial charge in [-0.05, 0) is 25.3 Å². The molecule has 1 nitrogen and oxygen atoms in total. The highest BCUT2D eigenvalue weighted by Gasteiger charge is 2.07. The lowest BCUT2D eigenvalue weighted by atomic mass is 10.0. The molecule has 0 aromatic carbocycles. The van der Waals surface area contributed by atoms with Crippen molar-refractivity contribution < 1.29 is 0 Å². The van der Waals surface area contributed by atoms with Crippen LogP contribution in [0.1, 0.15) is 91.4 Å². The Hall–Kier alpha value is 0.250. The summed E-state index contributed by atoms with van der Waals surface area (Å²) in [6, 6.07) is 0.509. The molecule has 0 aromatic rings. The van der Waals surface area contributed by atoms with Crippen LogP contribution in [-0.4, -0.2) is 18.5 Å². The van der Waals surface area contributed by atoms with Crippen LogP contribution in [0.3, 0.4) is 0 Å². The van der Waals surface area contributed by atoms with Gasteiger partial charge in [-0.1, -0.05) is 78.6 Å². The van der Waals surface area contributed by atoms with Crippen LogP contribution in [0.4, 0.5) is 0 Å². The van der Waals surface area contributed by atoms with Crippen LogP contribution >= 0.6 is 11.6 Å². The molecule has 0 aliphatic carbocycles. The first kappa shape index (κ1) is 20.2. The fourth-order valence-electron chi connectivity index (χ4n) is 2.69. The molecule has 0 rings (SSSR count). The van der Waals surface area contributed by atoms with E-state index in [2.05, 4.69) is 26.1 Å². The van der Waals surface area contributed by atoms with Gasteiger partial charge in [0.2, 0.25) is 0 Å². The second-order valence-electron chi connectivity index (χ2n) is 6.62. The first-order valence-corrected chi connectivity index (χ1v) is 9.53. The minimum Gasteiger partial charge on any atom is -0.313 e. The number of hydrogen-bond acceptors (Lipinski definition) is 1. The Morgan fingerprint density at radius 2 is 1.30 bits per heavy atom. The summed E-state index contributed by atoms with van der Waals surface area (Å²) in [4.78, 5) is 0. The predicted octanol–water partition coefficient (Wildman–Crippen LogP) is 6.15. The molecule has 0 fully saturated rings. The molecule has 0 saturated heterocycles. The first-order chi connectivity index (χ1) is 9.70. The van der Waals surface area contributed by atoms with Gasteiger partial charge in [-0.2, -0.15) is 0 Å². The Labute approximate surface area is 133 Å². The Balaban J connectivity index is 3.19. The Morgan fingerprint density at radius 3 is 1.75 bits per heavy atom. The van der Waals surface area contributed by atoms with Crippen molar-refractivity contribution >= 4 is 11.6 Å². The van der Waals surface area contributed by atoms with E-state index < -0.39 is 0 Å². The van der Waals surface area contributed by atoms with Crippen molar-refractivity contribution in [1.29, 1.82) is 0 Å². The molecule has 0 saturated carbocycles. The van der Waals surface area contributed by atoms with E-state index in [4.69, 9.17) is 11.6 Å². The average molecular weight is 304 g/mol. The molecule has 0 aliphatic rings. The van der Waals surface area contributed by atoms with Crippen molar-refractivity contribution in [3.05, 3.63) is 0 Å². The lowest BCUT2D eigenvalue weighted by Crippen LogP contribution is -2.32. The van der Waals surface area contributed by atoms with E-state index in [1.54, 1.807) is 0 Å². The van der Waals surface area contributed by atoms with Gasteiger partial charge < -0.3 is 5.32 Å². The normalized spacial score (nSPS) is 13.1. The van der Waals surface area contributed by atoms with Crippen molar-refractivity contribution in [1.82, 2.24) is 5.32 Å². The number of hydrogen-bond donors (Lipinski definition) is 1. The third-order valence-electron chi connectivity index (χ3n) is 3.91. The molecule has 2 heteroatoms. The summed E-state index contributed by atoms with van der Waals surface area (Å²) in [5.74, 6) is 1.48. The maximum atomic E-state index is 5.98. The minimum atomic E-state index is 0.509. The molecule has 1 unspecified atom stereocenters. The highest BCUT2D eigenvalue weighted by Crippen LogP contribution is 2.10. The third-order valence-corrected chi connectivity index (χ3v) is 4.28. The standard InChI is InChI=1S/C18H38ClN/c1-4-5-6-7-8-9-10-11-12-13-14-20-18(16-19)15-17(2)3/h17-18,20H,4-16H2,1-3H3. The van der Waals surface area contributed by atoms with E-state index in [0.717, 1.165) is 18.3 Å². The maximum absolute atomic E-state index is 5.98. The molecule has 122 valence electrons. The van der Waals surface area contributed by atoms with Gasteiger partial charge in [-0.3, -0.25) is 0 Å². The van der Waals surface area contributed by atoms with E-state index >= 15 is 0 Å². The second kappa shape index (κ2) is 15.6. The average Bonchev–Trinajstić information content (AvgIpc) is 2.43. The predicted molar refractivity (Wildman–Crippen MR) is 93.8 cm³/mol. The van der Waals surface area contributed by atoms with Gasteiger partial charge in [0.25, 0.3) is 0 Å². The molecule has 0 amide bonds. The lowest BCUT2D eigenvalue weighted by Gasteiger charge is -2.17. The van der Waals surface area contributed by atoms with Gasteiger partial charge in [0, 0.05) is 11.9 Å². The summed E-state index contributed by atoms with van der Waals surface area (Å²) >= 11 is 5.98. The van der Waals surface area contributed by atoms with E-state index in [1.165, 1.54) is 70.6 Å². The summed E-state index contributed by atoms with van der Waals surface area (Å²) in [7, 11) is 0. The number of unbranched alkanes of at least 4 members (excludes halogenated alkanes) is 9. The summed E-state index contributed by atoms with van der Waals surface area (Å²) in [6.07, 6.45) is 15.3. The van der Waals surface area contributed by atoms with Crippen LogP contribution in [-0.2, 0) is 0 Å². The summed E-state index contributed by atoms with van der Waals surface area (Å²) in [5, 5.41) is 3.59. The number of alkyl halides is 1. The fourth-order valence-corrected chi connectivity index (χ4v) is 2.92. The van der Waals surface area contributed by atoms with E-state index in [9.17, 15) is 0 Å². The Morgan fingerprint density at radius 1 is 0.800 bits per heavy atom. The van der Waals surface area contributed by atoms with Crippen molar-refractivity contribution in [3.63, 3.8) is 0 Å². The van der Waals surface area contributed by atoms with Crippen LogP contribution in [0.5, 0.6) is 0 Å². The molecular weight excluding hydrogens is 266 g/mol. The van der Waals surface area contributed by atoms with Crippen molar-refractivity contribution in [2.24, 2.45) is 5.92 Å². The van der Waals surface area contributed by atoms with Crippen LogP contribution in [0, 0.1) is 5.92 Å². The van der Waals surface area contributed by atoms with Crippen molar-refractivity contribution in [2.75, 3.05) is 12.4 Å². The summed E-state index contributed by atoms with van der Waals surface area (Å²) in [6.45, 7) is 7.95. The van der Waals surface area contributed by atoms with Gasteiger partial charge in [-0.25, -0.2) is 0 Å². The van der Waals surface area contributed by atoms with Crippen molar-refractivity contribution in [3.8, 4) is 0 Å². The van der Waals surface area contributed by atoms with Gasteiger partial charge >= 0.3 is 0 Å². The smallest absolute Gasteiger partial charge is 0.0377 e. The van der Waals surface area contributed by atoms with Crippen LogP contribution in [0.25, 0.3) is 0 Å². The zero-order chi connectivity index (χ0) is 15.1. The topological polar surface area (TPSA) is 12.0 Å². The molecule has 0 radical (unpaired) electrons. The summed E-state index contributed by atoms with van der Waals surface area (Å²) in [5.41, 5.74) is 0. The molecule has 20 heavy (non-hydrogen) atoms. The first-order valence-electron chi connectivity index (χ1n) is 9.00. The Kier molecular flexibility index (Phi) is 15.8. The lowest BCUT2D eigenvalue weighted by molar-refractivity contribution is 0.436.